The highest BCUT2D eigenvalue weighted by Gasteiger charge is 2.24. The van der Waals surface area contributed by atoms with Gasteiger partial charge in [0.1, 0.15) is 0 Å². The van der Waals surface area contributed by atoms with Crippen molar-refractivity contribution in [3.8, 4) is 0 Å². The highest BCUT2D eigenvalue weighted by Crippen LogP contribution is 2.32. The molecule has 1 heterocycles. The van der Waals surface area contributed by atoms with E-state index in [1.54, 1.807) is 12.1 Å². The van der Waals surface area contributed by atoms with E-state index in [2.05, 4.69) is 42.5 Å². The molecule has 0 radical (unpaired) electrons. The lowest BCUT2D eigenvalue weighted by Crippen LogP contribution is -2.34. The first kappa shape index (κ1) is 22.0. The fraction of sp³-hybridized carbons (Fsp3) is 0.0909. The molecule has 1 unspecified atom stereocenters. The van der Waals surface area contributed by atoms with E-state index < -0.39 is 6.03 Å². The zero-order valence-corrected chi connectivity index (χ0v) is 19.0. The molecule has 0 bridgehead atoms. The van der Waals surface area contributed by atoms with Gasteiger partial charge in [0.05, 0.1) is 6.04 Å². The van der Waals surface area contributed by atoms with Crippen LogP contribution in [0.15, 0.2) is 81.7 Å². The Morgan fingerprint density at radius 2 is 1.53 bits per heavy atom. The summed E-state index contributed by atoms with van der Waals surface area (Å²) >= 11 is 6.70. The normalized spacial score (nSPS) is 14.5. The molecule has 0 saturated carbocycles. The second kappa shape index (κ2) is 10.4. The monoisotopic (exact) mass is 530 g/mol. The number of amides is 2. The third-order valence-corrected chi connectivity index (χ3v) is 5.51. The number of para-hydroxylation sites is 1. The summed E-state index contributed by atoms with van der Waals surface area (Å²) in [6.07, 6.45) is 0.513. The number of hydrogen-bond donors (Lipinski definition) is 4. The van der Waals surface area contributed by atoms with E-state index in [0.717, 1.165) is 25.8 Å². The maximum absolute atomic E-state index is 12.1. The fourth-order valence-corrected chi connectivity index (χ4v) is 3.51. The van der Waals surface area contributed by atoms with E-state index in [1.807, 2.05) is 66.1 Å². The molecule has 0 saturated heterocycles. The van der Waals surface area contributed by atoms with Crippen molar-refractivity contribution in [1.82, 2.24) is 5.43 Å². The van der Waals surface area contributed by atoms with Crippen molar-refractivity contribution < 1.29 is 9.59 Å². The quantitative estimate of drug-likeness (QED) is 0.196. The van der Waals surface area contributed by atoms with Crippen molar-refractivity contribution >= 4 is 55.0 Å². The minimum Gasteiger partial charge on any atom is -0.377 e. The number of carbonyl (C=O) groups excluding carboxylic acids is 2. The average molecular weight is 532 g/mol. The van der Waals surface area contributed by atoms with Crippen LogP contribution < -0.4 is 21.9 Å². The Hall–Kier alpha value is -2.68. The summed E-state index contributed by atoms with van der Waals surface area (Å²) < 4.78 is 2.01. The van der Waals surface area contributed by atoms with Crippen LogP contribution in [0.5, 0.6) is 0 Å². The number of fused-ring (bicyclic) bond motifs is 1. The molecule has 0 fully saturated rings. The highest BCUT2D eigenvalue weighted by atomic mass is 79.9. The summed E-state index contributed by atoms with van der Waals surface area (Å²) in [4.78, 5) is 22.8. The van der Waals surface area contributed by atoms with Crippen molar-refractivity contribution in [1.29, 1.82) is 0 Å². The Labute approximate surface area is 191 Å². The summed E-state index contributed by atoms with van der Waals surface area (Å²) in [6.45, 7) is 0. The molecule has 30 heavy (non-hydrogen) atoms. The Morgan fingerprint density at radius 1 is 0.933 bits per heavy atom. The van der Waals surface area contributed by atoms with Gasteiger partial charge in [-0.25, -0.2) is 10.6 Å². The second-order valence-electron chi connectivity index (χ2n) is 6.53. The number of rotatable bonds is 2. The maximum atomic E-state index is 12.1. The van der Waals surface area contributed by atoms with Gasteiger partial charge < -0.3 is 10.6 Å². The summed E-state index contributed by atoms with van der Waals surface area (Å²) in [7, 11) is 0. The average Bonchev–Trinajstić information content (AvgIpc) is 2.76. The minimum absolute atomic E-state index is 0.0699. The molecule has 0 aliphatic carbocycles. The molecule has 0 spiro atoms. The Balaban J connectivity index is 0.000000187. The topological polar surface area (TPSA) is 96.2 Å². The largest absolute Gasteiger partial charge is 0.377 e. The molecule has 8 heteroatoms. The molecule has 6 nitrogen and oxygen atoms in total. The van der Waals surface area contributed by atoms with Crippen LogP contribution in [-0.4, -0.2) is 11.8 Å². The van der Waals surface area contributed by atoms with Crippen LogP contribution in [0.4, 0.5) is 16.2 Å². The number of benzene rings is 3. The summed E-state index contributed by atoms with van der Waals surface area (Å²) in [6, 6.07) is 22.6. The zero-order chi connectivity index (χ0) is 21.5. The van der Waals surface area contributed by atoms with Gasteiger partial charge in [0.25, 0.3) is 0 Å². The van der Waals surface area contributed by atoms with E-state index in [4.69, 9.17) is 5.84 Å². The number of nitrogens with two attached hydrogens (primary N) is 1. The van der Waals surface area contributed by atoms with Crippen LogP contribution in [-0.2, 0) is 0 Å². The number of hydrazine groups is 1. The Kier molecular flexibility index (Phi) is 7.62. The molecule has 2 amide bonds. The number of Topliss-reactive ketones (excluding diaryl/α,β-unsaturated/α-hetero) is 1. The number of urea groups is 1. The zero-order valence-electron chi connectivity index (χ0n) is 15.9. The van der Waals surface area contributed by atoms with Crippen molar-refractivity contribution in [3.05, 3.63) is 92.9 Å². The van der Waals surface area contributed by atoms with Crippen LogP contribution in [0.3, 0.4) is 0 Å². The van der Waals surface area contributed by atoms with Crippen molar-refractivity contribution in [2.45, 2.75) is 12.5 Å². The second-order valence-corrected chi connectivity index (χ2v) is 8.36. The lowest BCUT2D eigenvalue weighted by Gasteiger charge is -2.26. The van der Waals surface area contributed by atoms with Gasteiger partial charge in [0.2, 0.25) is 0 Å². The van der Waals surface area contributed by atoms with Crippen molar-refractivity contribution in [3.63, 3.8) is 0 Å². The van der Waals surface area contributed by atoms with Crippen LogP contribution >= 0.6 is 31.9 Å². The molecule has 5 N–H and O–H groups in total. The number of carbonyl (C=O) groups is 2. The van der Waals surface area contributed by atoms with Gasteiger partial charge >= 0.3 is 6.03 Å². The van der Waals surface area contributed by atoms with Crippen LogP contribution in [0.25, 0.3) is 0 Å². The van der Waals surface area contributed by atoms with Gasteiger partial charge in [-0.2, -0.15) is 0 Å². The first-order valence-corrected chi connectivity index (χ1v) is 10.7. The molecule has 3 aromatic carbocycles. The molecule has 0 aromatic heterocycles. The lowest BCUT2D eigenvalue weighted by molar-refractivity contribution is 0.0972. The van der Waals surface area contributed by atoms with Crippen molar-refractivity contribution in [2.24, 2.45) is 5.84 Å². The van der Waals surface area contributed by atoms with Crippen LogP contribution in [0.1, 0.15) is 28.4 Å². The first-order valence-electron chi connectivity index (χ1n) is 9.13. The van der Waals surface area contributed by atoms with Gasteiger partial charge in [-0.1, -0.05) is 56.1 Å². The van der Waals surface area contributed by atoms with Gasteiger partial charge in [0, 0.05) is 32.3 Å². The standard InChI is InChI=1S/C15H12BrNO.C7H8BrN3O/c16-11-7-5-10(6-8-11)14-9-15(18)12-3-1-2-4-13(12)17-14;8-5-1-3-6(4-2-5)10-7(12)11-9/h1-8,14,17H,9H2;1-4H,9H2,(H2,10,11,12). The van der Waals surface area contributed by atoms with E-state index in [9.17, 15) is 9.59 Å². The molecule has 154 valence electrons. The molecule has 1 aliphatic heterocycles. The third-order valence-electron chi connectivity index (χ3n) is 4.45. The van der Waals surface area contributed by atoms with E-state index in [-0.39, 0.29) is 11.8 Å². The minimum atomic E-state index is -0.433. The van der Waals surface area contributed by atoms with E-state index in [0.29, 0.717) is 12.1 Å². The Morgan fingerprint density at radius 3 is 2.17 bits per heavy atom. The molecule has 3 aromatic rings. The first-order chi connectivity index (χ1) is 14.5. The molecule has 1 aliphatic rings. The SMILES string of the molecule is NNC(=O)Nc1ccc(Br)cc1.O=C1CC(c2ccc(Br)cc2)Nc2ccccc21. The molecule has 1 atom stereocenters. The van der Waals surface area contributed by atoms with Gasteiger partial charge in [-0.15, -0.1) is 0 Å². The smallest absolute Gasteiger partial charge is 0.333 e. The van der Waals surface area contributed by atoms with Crippen molar-refractivity contribution in [2.75, 3.05) is 10.6 Å². The maximum Gasteiger partial charge on any atom is 0.333 e. The summed E-state index contributed by atoms with van der Waals surface area (Å²) in [5, 5.41) is 5.95. The van der Waals surface area contributed by atoms with E-state index >= 15 is 0 Å². The van der Waals surface area contributed by atoms with Crippen LogP contribution in [0.2, 0.25) is 0 Å². The fourth-order valence-electron chi connectivity index (χ4n) is 2.98. The number of halogens is 2. The van der Waals surface area contributed by atoms with Gasteiger partial charge in [-0.05, 0) is 54.1 Å². The summed E-state index contributed by atoms with van der Waals surface area (Å²) in [5.41, 5.74) is 5.53. The Bertz CT molecular complexity index is 1020. The van der Waals surface area contributed by atoms with Gasteiger partial charge in [-0.3, -0.25) is 10.2 Å². The predicted molar refractivity (Wildman–Crippen MR) is 126 cm³/mol. The van der Waals surface area contributed by atoms with Gasteiger partial charge in [0.15, 0.2) is 5.78 Å². The summed E-state index contributed by atoms with van der Waals surface area (Å²) in [5.74, 6) is 5.08. The third kappa shape index (κ3) is 5.91. The number of ketones is 1. The molecule has 4 rings (SSSR count). The number of hydrogen-bond acceptors (Lipinski definition) is 4. The molecular formula is C22H20Br2N4O2. The predicted octanol–water partition coefficient (Wildman–Crippen LogP) is 5.63. The number of nitrogens with one attached hydrogen (secondary N) is 3. The lowest BCUT2D eigenvalue weighted by atomic mass is 9.92. The highest BCUT2D eigenvalue weighted by molar-refractivity contribution is 9.10. The van der Waals surface area contributed by atoms with Crippen LogP contribution in [0, 0.1) is 0 Å². The molecular weight excluding hydrogens is 512 g/mol. The number of anilines is 2. The van der Waals surface area contributed by atoms with E-state index in [1.165, 1.54) is 0 Å².